The van der Waals surface area contributed by atoms with Crippen LogP contribution in [-0.2, 0) is 9.53 Å². The van der Waals surface area contributed by atoms with Crippen molar-refractivity contribution in [2.45, 2.75) is 6.42 Å². The average molecular weight is 194 g/mol. The van der Waals surface area contributed by atoms with Crippen LogP contribution in [0.15, 0.2) is 17.6 Å². The van der Waals surface area contributed by atoms with Gasteiger partial charge in [-0.3, -0.25) is 9.79 Å². The van der Waals surface area contributed by atoms with Crippen LogP contribution in [0, 0.1) is 5.92 Å². The Hall–Kier alpha value is -1.32. The summed E-state index contributed by atoms with van der Waals surface area (Å²) in [6.07, 6.45) is 2.28. The van der Waals surface area contributed by atoms with E-state index in [1.807, 2.05) is 0 Å². The highest BCUT2D eigenvalue weighted by atomic mass is 16.5. The van der Waals surface area contributed by atoms with E-state index in [4.69, 9.17) is 4.74 Å². The van der Waals surface area contributed by atoms with Crippen LogP contribution in [0.1, 0.15) is 6.42 Å². The predicted octanol–water partition coefficient (Wildman–Crippen LogP) is 0.450. The van der Waals surface area contributed by atoms with Crippen LogP contribution in [0.3, 0.4) is 0 Å². The van der Waals surface area contributed by atoms with E-state index in [9.17, 15) is 4.79 Å². The summed E-state index contributed by atoms with van der Waals surface area (Å²) in [6, 6.07) is 0. The highest BCUT2D eigenvalue weighted by Gasteiger charge is 2.34. The minimum Gasteiger partial charge on any atom is -0.479 e. The monoisotopic (exact) mass is 194 g/mol. The van der Waals surface area contributed by atoms with Gasteiger partial charge in [0.05, 0.1) is 12.5 Å². The highest BCUT2D eigenvalue weighted by molar-refractivity contribution is 5.89. The molecule has 0 saturated carbocycles. The molecule has 1 atom stereocenters. The van der Waals surface area contributed by atoms with Gasteiger partial charge in [0.15, 0.2) is 5.90 Å². The molecule has 0 N–H and O–H groups in total. The van der Waals surface area contributed by atoms with Gasteiger partial charge in [0, 0.05) is 19.5 Å². The van der Waals surface area contributed by atoms with E-state index in [2.05, 4.69) is 11.6 Å². The molecule has 2 aliphatic rings. The molecule has 0 spiro atoms. The van der Waals surface area contributed by atoms with Crippen LogP contribution >= 0.6 is 0 Å². The zero-order valence-corrected chi connectivity index (χ0v) is 8.11. The summed E-state index contributed by atoms with van der Waals surface area (Å²) in [5.41, 5.74) is 0. The van der Waals surface area contributed by atoms with E-state index >= 15 is 0 Å². The molecule has 0 aromatic heterocycles. The number of amides is 1. The second kappa shape index (κ2) is 3.82. The molecule has 2 aliphatic heterocycles. The van der Waals surface area contributed by atoms with E-state index in [1.54, 1.807) is 11.0 Å². The molecule has 1 saturated heterocycles. The Morgan fingerprint density at radius 1 is 1.71 bits per heavy atom. The SMILES string of the molecule is C=CCN1CC(C2=NCCO2)CC1=O. The largest absolute Gasteiger partial charge is 0.479 e. The van der Waals surface area contributed by atoms with Crippen molar-refractivity contribution in [2.24, 2.45) is 10.9 Å². The molecule has 1 amide bonds. The maximum absolute atomic E-state index is 11.5. The molecule has 4 nitrogen and oxygen atoms in total. The maximum atomic E-state index is 11.5. The minimum atomic E-state index is 0.171. The quantitative estimate of drug-likeness (QED) is 0.612. The van der Waals surface area contributed by atoms with Crippen LogP contribution in [0.25, 0.3) is 0 Å². The first-order valence-electron chi connectivity index (χ1n) is 4.87. The Labute approximate surface area is 83.3 Å². The van der Waals surface area contributed by atoms with Gasteiger partial charge in [0.2, 0.25) is 5.91 Å². The molecule has 2 heterocycles. The molecule has 0 bridgehead atoms. The summed E-state index contributed by atoms with van der Waals surface area (Å²) >= 11 is 0. The lowest BCUT2D eigenvalue weighted by Gasteiger charge is -2.13. The molecule has 0 aromatic rings. The first-order chi connectivity index (χ1) is 6.81. The van der Waals surface area contributed by atoms with Gasteiger partial charge in [-0.05, 0) is 0 Å². The summed E-state index contributed by atoms with van der Waals surface area (Å²) in [5.74, 6) is 1.11. The van der Waals surface area contributed by atoms with Gasteiger partial charge >= 0.3 is 0 Å². The number of ether oxygens (including phenoxy) is 1. The first kappa shape index (κ1) is 9.24. The number of carbonyl (C=O) groups excluding carboxylic acids is 1. The number of nitrogens with zero attached hydrogens (tertiary/aromatic N) is 2. The van der Waals surface area contributed by atoms with Crippen LogP contribution < -0.4 is 0 Å². The number of likely N-dealkylation sites (tertiary alicyclic amines) is 1. The second-order valence-corrected chi connectivity index (χ2v) is 3.56. The smallest absolute Gasteiger partial charge is 0.223 e. The first-order valence-corrected chi connectivity index (χ1v) is 4.87. The van der Waals surface area contributed by atoms with Crippen molar-refractivity contribution in [3.05, 3.63) is 12.7 Å². The average Bonchev–Trinajstić information content (AvgIpc) is 2.76. The number of hydrogen-bond acceptors (Lipinski definition) is 3. The third kappa shape index (κ3) is 1.64. The van der Waals surface area contributed by atoms with Crippen LogP contribution in [0.2, 0.25) is 0 Å². The van der Waals surface area contributed by atoms with Gasteiger partial charge in [-0.1, -0.05) is 6.08 Å². The van der Waals surface area contributed by atoms with Crippen molar-refractivity contribution < 1.29 is 9.53 Å². The third-order valence-electron chi connectivity index (χ3n) is 2.52. The molecule has 76 valence electrons. The van der Waals surface area contributed by atoms with Gasteiger partial charge in [0.1, 0.15) is 6.61 Å². The molecular weight excluding hydrogens is 180 g/mol. The number of rotatable bonds is 3. The number of hydrogen-bond donors (Lipinski definition) is 0. The third-order valence-corrected chi connectivity index (χ3v) is 2.52. The number of carbonyl (C=O) groups is 1. The van der Waals surface area contributed by atoms with Crippen molar-refractivity contribution in [3.8, 4) is 0 Å². The zero-order chi connectivity index (χ0) is 9.97. The molecule has 2 rings (SSSR count). The second-order valence-electron chi connectivity index (χ2n) is 3.56. The molecule has 0 radical (unpaired) electrons. The Balaban J connectivity index is 1.98. The molecule has 0 aromatic carbocycles. The van der Waals surface area contributed by atoms with Crippen molar-refractivity contribution >= 4 is 11.8 Å². The topological polar surface area (TPSA) is 41.9 Å². The van der Waals surface area contributed by atoms with Crippen molar-refractivity contribution in [3.63, 3.8) is 0 Å². The normalized spacial score (nSPS) is 26.3. The van der Waals surface area contributed by atoms with Gasteiger partial charge < -0.3 is 9.64 Å². The molecular formula is C10H14N2O2. The molecule has 0 aliphatic carbocycles. The van der Waals surface area contributed by atoms with E-state index in [1.165, 1.54) is 0 Å². The summed E-state index contributed by atoms with van der Waals surface area (Å²) in [6.45, 7) is 6.38. The van der Waals surface area contributed by atoms with Crippen LogP contribution in [0.5, 0.6) is 0 Å². The highest BCUT2D eigenvalue weighted by Crippen LogP contribution is 2.21. The lowest BCUT2D eigenvalue weighted by Crippen LogP contribution is -2.26. The summed E-state index contributed by atoms with van der Waals surface area (Å²) < 4.78 is 5.36. The fourth-order valence-electron chi connectivity index (χ4n) is 1.87. The summed E-state index contributed by atoms with van der Waals surface area (Å²) in [4.78, 5) is 17.5. The standard InChI is InChI=1S/C10H14N2O2/c1-2-4-12-7-8(6-9(12)13)10-11-3-5-14-10/h2,8H,1,3-7H2. The lowest BCUT2D eigenvalue weighted by molar-refractivity contribution is -0.127. The van der Waals surface area contributed by atoms with E-state index < -0.39 is 0 Å². The van der Waals surface area contributed by atoms with E-state index in [0.717, 1.165) is 19.0 Å². The fraction of sp³-hybridized carbons (Fsp3) is 0.600. The van der Waals surface area contributed by atoms with Gasteiger partial charge in [0.25, 0.3) is 0 Å². The molecule has 1 unspecified atom stereocenters. The summed E-state index contributed by atoms with van der Waals surface area (Å²) in [5, 5.41) is 0. The zero-order valence-electron chi connectivity index (χ0n) is 8.11. The van der Waals surface area contributed by atoms with Gasteiger partial charge in [-0.25, -0.2) is 0 Å². The van der Waals surface area contributed by atoms with Gasteiger partial charge in [-0.15, -0.1) is 6.58 Å². The number of aliphatic imine (C=N–C) groups is 1. The Bertz CT molecular complexity index is 286. The molecule has 1 fully saturated rings. The van der Waals surface area contributed by atoms with Crippen molar-refractivity contribution in [1.29, 1.82) is 0 Å². The van der Waals surface area contributed by atoms with Crippen molar-refractivity contribution in [1.82, 2.24) is 4.90 Å². The Kier molecular flexibility index (Phi) is 2.52. The van der Waals surface area contributed by atoms with Crippen LogP contribution in [0.4, 0.5) is 0 Å². The Morgan fingerprint density at radius 3 is 3.21 bits per heavy atom. The lowest BCUT2D eigenvalue weighted by atomic mass is 10.1. The predicted molar refractivity (Wildman–Crippen MR) is 53.1 cm³/mol. The van der Waals surface area contributed by atoms with E-state index in [-0.39, 0.29) is 11.8 Å². The van der Waals surface area contributed by atoms with E-state index in [0.29, 0.717) is 19.6 Å². The molecule has 4 heteroatoms. The summed E-state index contributed by atoms with van der Waals surface area (Å²) in [7, 11) is 0. The fourth-order valence-corrected chi connectivity index (χ4v) is 1.87. The van der Waals surface area contributed by atoms with Crippen molar-refractivity contribution in [2.75, 3.05) is 26.2 Å². The molecule has 14 heavy (non-hydrogen) atoms. The maximum Gasteiger partial charge on any atom is 0.223 e. The Morgan fingerprint density at radius 2 is 2.57 bits per heavy atom. The van der Waals surface area contributed by atoms with Gasteiger partial charge in [-0.2, -0.15) is 0 Å². The minimum absolute atomic E-state index is 0.171. The van der Waals surface area contributed by atoms with Crippen LogP contribution in [-0.4, -0.2) is 42.9 Å².